The van der Waals surface area contributed by atoms with Crippen molar-refractivity contribution < 1.29 is 0 Å². The molecular weight excluding hydrogens is 310 g/mol. The van der Waals surface area contributed by atoms with Crippen LogP contribution in [0.3, 0.4) is 0 Å². The molecule has 4 heteroatoms. The number of imidazole rings is 1. The molecule has 2 aromatic carbocycles. The van der Waals surface area contributed by atoms with Crippen molar-refractivity contribution in [2.24, 2.45) is 0 Å². The average molecular weight is 333 g/mol. The summed E-state index contributed by atoms with van der Waals surface area (Å²) in [5.41, 5.74) is 6.56. The number of aromatic nitrogens is 3. The first kappa shape index (κ1) is 15.9. The summed E-state index contributed by atoms with van der Waals surface area (Å²) >= 11 is 0. The zero-order valence-corrected chi connectivity index (χ0v) is 15.3. The summed E-state index contributed by atoms with van der Waals surface area (Å²) < 4.78 is 3.99. The van der Waals surface area contributed by atoms with Gasteiger partial charge in [-0.1, -0.05) is 25.0 Å². The Bertz CT molecular complexity index is 1180. The molecule has 2 heterocycles. The Morgan fingerprint density at radius 3 is 2.52 bits per heavy atom. The Balaban J connectivity index is 2.25. The standard InChI is InChI=1S/C21H23N3O/c1-5-6-9-23-20(25)16-10-13(2)7-8-18(16)24-19-12-15(4)14(3)11-17(19)22-21(23)24/h7-8,10-12H,5-6,9H2,1-4H3. The summed E-state index contributed by atoms with van der Waals surface area (Å²) in [6.07, 6.45) is 2.01. The van der Waals surface area contributed by atoms with Gasteiger partial charge in [-0.2, -0.15) is 0 Å². The van der Waals surface area contributed by atoms with E-state index in [1.807, 2.05) is 23.6 Å². The molecule has 0 N–H and O–H groups in total. The molecular formula is C21H23N3O. The second-order valence-corrected chi connectivity index (χ2v) is 7.00. The summed E-state index contributed by atoms with van der Waals surface area (Å²) in [6.45, 7) is 9.09. The van der Waals surface area contributed by atoms with Crippen LogP contribution in [0.1, 0.15) is 36.5 Å². The molecule has 4 nitrogen and oxygen atoms in total. The van der Waals surface area contributed by atoms with Crippen LogP contribution in [-0.2, 0) is 6.54 Å². The van der Waals surface area contributed by atoms with Crippen LogP contribution in [0.5, 0.6) is 0 Å². The van der Waals surface area contributed by atoms with Gasteiger partial charge in [0, 0.05) is 6.54 Å². The van der Waals surface area contributed by atoms with Gasteiger partial charge in [-0.15, -0.1) is 0 Å². The minimum Gasteiger partial charge on any atom is -0.278 e. The van der Waals surface area contributed by atoms with E-state index in [2.05, 4.69) is 43.4 Å². The number of hydrogen-bond donors (Lipinski definition) is 0. The third-order valence-electron chi connectivity index (χ3n) is 5.10. The van der Waals surface area contributed by atoms with Gasteiger partial charge in [0.1, 0.15) is 0 Å². The highest BCUT2D eigenvalue weighted by molar-refractivity contribution is 5.90. The molecule has 0 aliphatic heterocycles. The van der Waals surface area contributed by atoms with Crippen molar-refractivity contribution in [1.82, 2.24) is 14.0 Å². The molecule has 0 amide bonds. The number of rotatable bonds is 3. The van der Waals surface area contributed by atoms with Crippen LogP contribution in [0.4, 0.5) is 0 Å². The quantitative estimate of drug-likeness (QED) is 0.552. The fourth-order valence-corrected chi connectivity index (χ4v) is 3.51. The molecule has 0 fully saturated rings. The van der Waals surface area contributed by atoms with Gasteiger partial charge in [-0.3, -0.25) is 13.8 Å². The van der Waals surface area contributed by atoms with E-state index in [0.29, 0.717) is 6.54 Å². The van der Waals surface area contributed by atoms with E-state index in [1.54, 1.807) is 0 Å². The molecule has 0 bridgehead atoms. The van der Waals surface area contributed by atoms with Gasteiger partial charge in [0.15, 0.2) is 0 Å². The Kier molecular flexibility index (Phi) is 3.64. The van der Waals surface area contributed by atoms with E-state index in [-0.39, 0.29) is 5.56 Å². The second-order valence-electron chi connectivity index (χ2n) is 7.00. The maximum atomic E-state index is 13.1. The zero-order valence-electron chi connectivity index (χ0n) is 15.3. The first-order valence-corrected chi connectivity index (χ1v) is 8.94. The lowest BCUT2D eigenvalue weighted by molar-refractivity contribution is 0.623. The van der Waals surface area contributed by atoms with Gasteiger partial charge in [0.05, 0.1) is 21.9 Å². The zero-order chi connectivity index (χ0) is 17.7. The monoisotopic (exact) mass is 333 g/mol. The third-order valence-corrected chi connectivity index (χ3v) is 5.10. The summed E-state index contributed by atoms with van der Waals surface area (Å²) in [6, 6.07) is 10.4. The molecule has 0 aliphatic carbocycles. The minimum atomic E-state index is 0.0587. The summed E-state index contributed by atoms with van der Waals surface area (Å²) in [5, 5.41) is 0.765. The lowest BCUT2D eigenvalue weighted by atomic mass is 10.1. The van der Waals surface area contributed by atoms with E-state index in [9.17, 15) is 4.79 Å². The molecule has 4 rings (SSSR count). The summed E-state index contributed by atoms with van der Waals surface area (Å²) in [4.78, 5) is 18.0. The molecule has 0 spiro atoms. The number of hydrogen-bond acceptors (Lipinski definition) is 2. The van der Waals surface area contributed by atoms with Gasteiger partial charge >= 0.3 is 0 Å². The van der Waals surface area contributed by atoms with Gasteiger partial charge in [0.25, 0.3) is 5.56 Å². The van der Waals surface area contributed by atoms with Gasteiger partial charge in [-0.05, 0) is 62.6 Å². The van der Waals surface area contributed by atoms with Crippen molar-refractivity contribution in [3.63, 3.8) is 0 Å². The summed E-state index contributed by atoms with van der Waals surface area (Å²) in [7, 11) is 0. The Hall–Kier alpha value is -2.62. The number of unbranched alkanes of at least 4 members (excludes halogenated alkanes) is 1. The third kappa shape index (κ3) is 2.36. The SMILES string of the molecule is CCCCn1c(=O)c2cc(C)ccc2n2c3cc(C)c(C)cc3nc12. The fraction of sp³-hybridized carbons (Fsp3) is 0.333. The van der Waals surface area contributed by atoms with E-state index < -0.39 is 0 Å². The number of fused-ring (bicyclic) bond motifs is 5. The van der Waals surface area contributed by atoms with Crippen LogP contribution in [-0.4, -0.2) is 14.0 Å². The van der Waals surface area contributed by atoms with Crippen molar-refractivity contribution in [3.05, 3.63) is 57.4 Å². The highest BCUT2D eigenvalue weighted by Gasteiger charge is 2.16. The lowest BCUT2D eigenvalue weighted by Gasteiger charge is -2.11. The van der Waals surface area contributed by atoms with Crippen molar-refractivity contribution in [3.8, 4) is 0 Å². The van der Waals surface area contributed by atoms with Crippen molar-refractivity contribution >= 4 is 27.7 Å². The van der Waals surface area contributed by atoms with E-state index in [0.717, 1.165) is 46.1 Å². The smallest absolute Gasteiger partial charge is 0.262 e. The number of aryl methyl sites for hydroxylation is 4. The van der Waals surface area contributed by atoms with Crippen molar-refractivity contribution in [2.75, 3.05) is 0 Å². The van der Waals surface area contributed by atoms with E-state index in [1.165, 1.54) is 11.1 Å². The number of benzene rings is 2. The van der Waals surface area contributed by atoms with Crippen LogP contribution < -0.4 is 5.56 Å². The highest BCUT2D eigenvalue weighted by atomic mass is 16.1. The Morgan fingerprint density at radius 1 is 1.00 bits per heavy atom. The molecule has 0 radical (unpaired) electrons. The normalized spacial score (nSPS) is 11.8. The van der Waals surface area contributed by atoms with Gasteiger partial charge in [-0.25, -0.2) is 4.98 Å². The highest BCUT2D eigenvalue weighted by Crippen LogP contribution is 2.24. The van der Waals surface area contributed by atoms with E-state index in [4.69, 9.17) is 4.98 Å². The second kappa shape index (κ2) is 5.73. The molecule has 0 atom stereocenters. The molecule has 0 unspecified atom stereocenters. The fourth-order valence-electron chi connectivity index (χ4n) is 3.51. The first-order valence-electron chi connectivity index (χ1n) is 8.94. The Morgan fingerprint density at radius 2 is 1.76 bits per heavy atom. The van der Waals surface area contributed by atoms with Crippen LogP contribution >= 0.6 is 0 Å². The van der Waals surface area contributed by atoms with Gasteiger partial charge in [0.2, 0.25) is 5.78 Å². The number of nitrogens with zero attached hydrogens (tertiary/aromatic N) is 3. The van der Waals surface area contributed by atoms with Crippen LogP contribution in [0.15, 0.2) is 35.1 Å². The van der Waals surface area contributed by atoms with Crippen LogP contribution in [0.2, 0.25) is 0 Å². The largest absolute Gasteiger partial charge is 0.278 e. The maximum absolute atomic E-state index is 13.1. The molecule has 0 saturated heterocycles. The first-order chi connectivity index (χ1) is 12.0. The van der Waals surface area contributed by atoms with Crippen molar-refractivity contribution in [1.29, 1.82) is 0 Å². The molecule has 0 saturated carbocycles. The Labute approximate surface area is 146 Å². The summed E-state index contributed by atoms with van der Waals surface area (Å²) in [5.74, 6) is 0.745. The molecule has 4 aromatic rings. The van der Waals surface area contributed by atoms with Gasteiger partial charge < -0.3 is 0 Å². The molecule has 0 aliphatic rings. The minimum absolute atomic E-state index is 0.0587. The predicted molar refractivity (Wildman–Crippen MR) is 104 cm³/mol. The maximum Gasteiger partial charge on any atom is 0.262 e. The van der Waals surface area contributed by atoms with E-state index >= 15 is 0 Å². The van der Waals surface area contributed by atoms with Crippen molar-refractivity contribution in [2.45, 2.75) is 47.1 Å². The molecule has 128 valence electrons. The van der Waals surface area contributed by atoms with Crippen LogP contribution in [0, 0.1) is 20.8 Å². The topological polar surface area (TPSA) is 39.3 Å². The average Bonchev–Trinajstić information content (AvgIpc) is 2.93. The lowest BCUT2D eigenvalue weighted by Crippen LogP contribution is -2.23. The molecule has 25 heavy (non-hydrogen) atoms. The predicted octanol–water partition coefficient (Wildman–Crippen LogP) is 4.53. The van der Waals surface area contributed by atoms with Crippen LogP contribution in [0.25, 0.3) is 27.7 Å². The molecule has 2 aromatic heterocycles.